The Labute approximate surface area is 203 Å². The summed E-state index contributed by atoms with van der Waals surface area (Å²) in [4.78, 5) is 12.7. The molecular weight excluding hydrogens is 487 g/mol. The molecule has 0 aliphatic heterocycles. The largest absolute Gasteiger partial charge is 0.496 e. The summed E-state index contributed by atoms with van der Waals surface area (Å²) < 4.78 is 75.4. The molecule has 0 aliphatic rings. The van der Waals surface area contributed by atoms with E-state index in [2.05, 4.69) is 10.4 Å². The first-order valence-electron chi connectivity index (χ1n) is 10.7. The third-order valence-corrected chi connectivity index (χ3v) is 5.82. The number of benzene rings is 2. The average Bonchev–Trinajstić information content (AvgIpc) is 3.18. The van der Waals surface area contributed by atoms with Gasteiger partial charge >= 0.3 is 6.18 Å². The van der Waals surface area contributed by atoms with Crippen LogP contribution in [0.2, 0.25) is 0 Å². The Morgan fingerprint density at radius 2 is 1.72 bits per heavy atom. The molecule has 0 saturated carbocycles. The van der Waals surface area contributed by atoms with Gasteiger partial charge in [-0.2, -0.15) is 18.3 Å². The number of methoxy groups -OCH3 is 1. The summed E-state index contributed by atoms with van der Waals surface area (Å²) in [6.07, 6.45) is -5.03. The minimum absolute atomic E-state index is 0.115. The maximum atomic E-state index is 14.0. The maximum absolute atomic E-state index is 14.0. The maximum Gasteiger partial charge on any atom is 0.418 e. The van der Waals surface area contributed by atoms with E-state index in [0.29, 0.717) is 5.69 Å². The highest BCUT2D eigenvalue weighted by Gasteiger charge is 2.56. The average molecular weight is 512 g/mol. The van der Waals surface area contributed by atoms with E-state index in [1.54, 1.807) is 0 Å². The molecule has 1 amide bonds. The zero-order valence-corrected chi connectivity index (χ0v) is 19.7. The van der Waals surface area contributed by atoms with Crippen LogP contribution < -0.4 is 15.8 Å². The fourth-order valence-electron chi connectivity index (χ4n) is 3.94. The first-order valence-corrected chi connectivity index (χ1v) is 10.7. The molecule has 4 N–H and O–H groups in total. The molecule has 0 radical (unpaired) electrons. The molecule has 0 saturated heterocycles. The number of hydrogen-bond acceptors (Lipinski definition) is 5. The van der Waals surface area contributed by atoms with E-state index in [9.17, 15) is 31.9 Å². The number of carbonyl (C=O) groups excluding carboxylic acids is 1. The van der Waals surface area contributed by atoms with Crippen molar-refractivity contribution in [2.24, 2.45) is 0 Å². The minimum atomic E-state index is -5.15. The van der Waals surface area contributed by atoms with Gasteiger partial charge in [0.2, 0.25) is 0 Å². The van der Waals surface area contributed by atoms with Crippen LogP contribution in [0.4, 0.5) is 27.8 Å². The number of rotatable bonds is 8. The van der Waals surface area contributed by atoms with Gasteiger partial charge in [-0.05, 0) is 54.3 Å². The van der Waals surface area contributed by atoms with E-state index in [1.807, 2.05) is 0 Å². The van der Waals surface area contributed by atoms with Crippen molar-refractivity contribution in [3.05, 3.63) is 71.4 Å². The molecule has 0 spiro atoms. The molecule has 1 aromatic heterocycles. The fourth-order valence-corrected chi connectivity index (χ4v) is 3.94. The molecule has 12 heteroatoms. The Bertz CT molecular complexity index is 1240. The topological polar surface area (TPSA) is 102 Å². The van der Waals surface area contributed by atoms with E-state index in [1.165, 1.54) is 39.2 Å². The van der Waals surface area contributed by atoms with Crippen LogP contribution in [0.3, 0.4) is 0 Å². The predicted molar refractivity (Wildman–Crippen MR) is 122 cm³/mol. The van der Waals surface area contributed by atoms with Gasteiger partial charge in [-0.15, -0.1) is 0 Å². The molecule has 3 aromatic rings. The summed E-state index contributed by atoms with van der Waals surface area (Å²) in [5.41, 5.74) is 1.33. The van der Waals surface area contributed by atoms with Crippen molar-refractivity contribution in [2.75, 3.05) is 19.4 Å². The zero-order valence-electron chi connectivity index (χ0n) is 19.7. The molecule has 0 fully saturated rings. The number of alkyl halides is 3. The molecule has 1 atom stereocenters. The summed E-state index contributed by atoms with van der Waals surface area (Å²) in [5.74, 6) is -2.25. The lowest BCUT2D eigenvalue weighted by atomic mass is 9.74. The van der Waals surface area contributed by atoms with Crippen LogP contribution in [0.15, 0.2) is 48.7 Å². The van der Waals surface area contributed by atoms with Crippen LogP contribution in [0.5, 0.6) is 5.75 Å². The van der Waals surface area contributed by atoms with Crippen LogP contribution in [-0.4, -0.2) is 46.2 Å². The fraction of sp³-hybridized carbons (Fsp3) is 0.333. The summed E-state index contributed by atoms with van der Waals surface area (Å²) in [5, 5.41) is 16.7. The van der Waals surface area contributed by atoms with Crippen molar-refractivity contribution in [1.29, 1.82) is 0 Å². The second kappa shape index (κ2) is 9.76. The predicted octanol–water partition coefficient (Wildman–Crippen LogP) is 4.13. The lowest BCUT2D eigenvalue weighted by molar-refractivity contribution is -0.263. The van der Waals surface area contributed by atoms with Gasteiger partial charge in [0.05, 0.1) is 25.5 Å². The van der Waals surface area contributed by atoms with Gasteiger partial charge in [-0.3, -0.25) is 4.79 Å². The first-order chi connectivity index (χ1) is 16.7. The van der Waals surface area contributed by atoms with Crippen molar-refractivity contribution in [1.82, 2.24) is 15.1 Å². The quantitative estimate of drug-likeness (QED) is 0.394. The highest BCUT2D eigenvalue weighted by Crippen LogP contribution is 2.43. The van der Waals surface area contributed by atoms with E-state index < -0.39 is 47.7 Å². The third-order valence-electron chi connectivity index (χ3n) is 5.82. The number of carbonyl (C=O) groups is 1. The minimum Gasteiger partial charge on any atom is -0.496 e. The van der Waals surface area contributed by atoms with Crippen molar-refractivity contribution in [3.63, 3.8) is 0 Å². The first kappa shape index (κ1) is 26.9. The number of amides is 1. The van der Waals surface area contributed by atoms with Crippen LogP contribution in [0.25, 0.3) is 5.69 Å². The van der Waals surface area contributed by atoms with E-state index >= 15 is 0 Å². The van der Waals surface area contributed by atoms with Gasteiger partial charge in [-0.1, -0.05) is 13.8 Å². The summed E-state index contributed by atoms with van der Waals surface area (Å²) >= 11 is 0. The molecule has 1 heterocycles. The molecule has 194 valence electrons. The molecule has 0 unspecified atom stereocenters. The van der Waals surface area contributed by atoms with Gasteiger partial charge in [0, 0.05) is 5.56 Å². The lowest BCUT2D eigenvalue weighted by Gasteiger charge is -2.38. The Kier molecular flexibility index (Phi) is 7.30. The molecule has 0 aliphatic carbocycles. The normalized spacial score (nSPS) is 13.8. The van der Waals surface area contributed by atoms with Crippen LogP contribution in [0, 0.1) is 11.6 Å². The van der Waals surface area contributed by atoms with Gasteiger partial charge in [0.25, 0.3) is 5.91 Å². The smallest absolute Gasteiger partial charge is 0.418 e. The second-order valence-corrected chi connectivity index (χ2v) is 8.95. The van der Waals surface area contributed by atoms with Crippen molar-refractivity contribution < 1.29 is 36.6 Å². The highest BCUT2D eigenvalue weighted by molar-refractivity contribution is 5.98. The Morgan fingerprint density at radius 1 is 1.11 bits per heavy atom. The second-order valence-electron chi connectivity index (χ2n) is 8.95. The third kappa shape index (κ3) is 5.43. The number of ether oxygens (including phenoxy) is 1. The van der Waals surface area contributed by atoms with E-state index in [4.69, 9.17) is 10.5 Å². The summed E-state index contributed by atoms with van der Waals surface area (Å²) in [6.45, 7) is 1.58. The highest BCUT2D eigenvalue weighted by atomic mass is 19.4. The number of halogens is 5. The Hall–Kier alpha value is -3.67. The molecule has 2 aromatic carbocycles. The Morgan fingerprint density at radius 3 is 2.31 bits per heavy atom. The van der Waals surface area contributed by atoms with Crippen molar-refractivity contribution in [2.45, 2.75) is 37.5 Å². The number of nitrogens with one attached hydrogen (secondary N) is 1. The van der Waals surface area contributed by atoms with Gasteiger partial charge < -0.3 is 20.9 Å². The molecule has 36 heavy (non-hydrogen) atoms. The number of nitrogens with two attached hydrogens (primary N) is 1. The Balaban J connectivity index is 1.84. The van der Waals surface area contributed by atoms with E-state index in [0.717, 1.165) is 35.1 Å². The standard InChI is InChI=1S/C24H25F5N4O3/c1-22(2,18-10-15(26)6-9-19(18)36-3)12-23(35,24(27,28)29)13-31-21(34)17-11-32-33(20(17)30)16-7-4-14(25)5-8-16/h4-11,35H,12-13,30H2,1-3H3,(H,31,34)/t23-/m1/s1. The summed E-state index contributed by atoms with van der Waals surface area (Å²) in [6, 6.07) is 8.42. The number of nitrogens with zero attached hydrogens (tertiary/aromatic N) is 2. The van der Waals surface area contributed by atoms with Crippen LogP contribution >= 0.6 is 0 Å². The number of hydrogen-bond donors (Lipinski definition) is 3. The lowest BCUT2D eigenvalue weighted by Crippen LogP contribution is -2.56. The molecule has 0 bridgehead atoms. The van der Waals surface area contributed by atoms with Crippen molar-refractivity contribution >= 4 is 11.7 Å². The number of aliphatic hydroxyl groups is 1. The molecule has 7 nitrogen and oxygen atoms in total. The summed E-state index contributed by atoms with van der Waals surface area (Å²) in [7, 11) is 1.29. The number of anilines is 1. The van der Waals surface area contributed by atoms with Crippen LogP contribution in [0.1, 0.15) is 36.2 Å². The SMILES string of the molecule is COc1ccc(F)cc1C(C)(C)C[C@@](O)(CNC(=O)c1cnn(-c2ccc(F)cc2)c1N)C(F)(F)F. The van der Waals surface area contributed by atoms with Gasteiger partial charge in [-0.25, -0.2) is 13.5 Å². The van der Waals surface area contributed by atoms with Crippen LogP contribution in [-0.2, 0) is 5.41 Å². The van der Waals surface area contributed by atoms with Gasteiger partial charge in [0.1, 0.15) is 28.8 Å². The monoisotopic (exact) mass is 512 g/mol. The van der Waals surface area contributed by atoms with Crippen molar-refractivity contribution in [3.8, 4) is 11.4 Å². The molecule has 3 rings (SSSR count). The van der Waals surface area contributed by atoms with Gasteiger partial charge in [0.15, 0.2) is 5.60 Å². The molecular formula is C24H25F5N4O3. The van der Waals surface area contributed by atoms with E-state index in [-0.39, 0.29) is 22.7 Å². The zero-order chi connectivity index (χ0) is 26.9. The number of nitrogen functional groups attached to an aromatic ring is 1. The number of aromatic nitrogens is 2.